The van der Waals surface area contributed by atoms with E-state index in [4.69, 9.17) is 15.2 Å². The number of rotatable bonds is 5. The first-order chi connectivity index (χ1) is 10.6. The fourth-order valence-electron chi connectivity index (χ4n) is 2.87. The van der Waals surface area contributed by atoms with Gasteiger partial charge in [0.25, 0.3) is 0 Å². The van der Waals surface area contributed by atoms with Gasteiger partial charge in [-0.1, -0.05) is 13.8 Å². The number of ether oxygens (including phenoxy) is 2. The molecule has 2 unspecified atom stereocenters. The van der Waals surface area contributed by atoms with E-state index in [0.29, 0.717) is 24.3 Å². The Morgan fingerprint density at radius 2 is 2.14 bits per heavy atom. The smallest absolute Gasteiger partial charge is 0.193 e. The Morgan fingerprint density at radius 3 is 2.77 bits per heavy atom. The molecule has 0 radical (unpaired) electrons. The number of guanidine groups is 1. The van der Waals surface area contributed by atoms with Crippen LogP contribution in [-0.2, 0) is 4.74 Å². The number of aliphatic imine (C=N–C) groups is 1. The van der Waals surface area contributed by atoms with E-state index in [1.807, 2.05) is 24.3 Å². The van der Waals surface area contributed by atoms with Crippen LogP contribution in [0.2, 0.25) is 0 Å². The molecule has 0 amide bonds. The third-order valence-corrected chi connectivity index (χ3v) is 4.01. The van der Waals surface area contributed by atoms with Crippen LogP contribution in [0.3, 0.4) is 0 Å². The Kier molecular flexibility index (Phi) is 6.07. The second-order valence-electron chi connectivity index (χ2n) is 6.06. The fourth-order valence-corrected chi connectivity index (χ4v) is 2.87. The molecule has 1 heterocycles. The predicted molar refractivity (Wildman–Crippen MR) is 90.4 cm³/mol. The zero-order chi connectivity index (χ0) is 15.9. The summed E-state index contributed by atoms with van der Waals surface area (Å²) in [4.78, 5) is 4.49. The number of benzene rings is 1. The molecule has 1 aliphatic rings. The minimum absolute atomic E-state index is 0.284. The topological polar surface area (TPSA) is 68.9 Å². The van der Waals surface area contributed by atoms with Crippen molar-refractivity contribution in [1.82, 2.24) is 0 Å². The Balaban J connectivity index is 1.90. The number of hydrogen-bond donors (Lipinski definition) is 2. The van der Waals surface area contributed by atoms with E-state index in [-0.39, 0.29) is 6.10 Å². The Morgan fingerprint density at radius 1 is 1.41 bits per heavy atom. The van der Waals surface area contributed by atoms with E-state index in [1.54, 1.807) is 7.11 Å². The van der Waals surface area contributed by atoms with Crippen LogP contribution in [0.25, 0.3) is 0 Å². The van der Waals surface area contributed by atoms with Crippen molar-refractivity contribution in [3.8, 4) is 5.75 Å². The molecule has 1 fully saturated rings. The molecule has 5 nitrogen and oxygen atoms in total. The molecule has 0 aromatic heterocycles. The Labute approximate surface area is 132 Å². The zero-order valence-electron chi connectivity index (χ0n) is 13.7. The van der Waals surface area contributed by atoms with E-state index < -0.39 is 0 Å². The van der Waals surface area contributed by atoms with Gasteiger partial charge in [-0.3, -0.25) is 4.99 Å². The van der Waals surface area contributed by atoms with Crippen molar-refractivity contribution >= 4 is 11.6 Å². The van der Waals surface area contributed by atoms with Gasteiger partial charge < -0.3 is 20.5 Å². The lowest BCUT2D eigenvalue weighted by Crippen LogP contribution is -2.36. The van der Waals surface area contributed by atoms with E-state index in [9.17, 15) is 0 Å². The van der Waals surface area contributed by atoms with Crippen LogP contribution in [0.15, 0.2) is 29.3 Å². The van der Waals surface area contributed by atoms with Gasteiger partial charge in [-0.25, -0.2) is 0 Å². The third kappa shape index (κ3) is 4.63. The third-order valence-electron chi connectivity index (χ3n) is 4.01. The van der Waals surface area contributed by atoms with Gasteiger partial charge >= 0.3 is 0 Å². The van der Waals surface area contributed by atoms with Crippen LogP contribution in [0, 0.1) is 11.8 Å². The molecule has 2 atom stereocenters. The molecule has 0 saturated carbocycles. The van der Waals surface area contributed by atoms with Crippen molar-refractivity contribution in [2.75, 3.05) is 25.6 Å². The van der Waals surface area contributed by atoms with Crippen molar-refractivity contribution in [2.24, 2.45) is 22.6 Å². The number of methoxy groups -OCH3 is 1. The quantitative estimate of drug-likeness (QED) is 0.648. The molecule has 1 saturated heterocycles. The van der Waals surface area contributed by atoms with E-state index in [0.717, 1.165) is 30.9 Å². The second kappa shape index (κ2) is 8.03. The normalized spacial score (nSPS) is 22.6. The summed E-state index contributed by atoms with van der Waals surface area (Å²) in [5.41, 5.74) is 6.89. The molecule has 0 bridgehead atoms. The molecule has 1 aromatic rings. The van der Waals surface area contributed by atoms with Crippen molar-refractivity contribution in [3.63, 3.8) is 0 Å². The molecule has 1 aliphatic heterocycles. The molecular weight excluding hydrogens is 278 g/mol. The second-order valence-corrected chi connectivity index (χ2v) is 6.06. The summed E-state index contributed by atoms with van der Waals surface area (Å²) in [6, 6.07) is 7.61. The monoisotopic (exact) mass is 305 g/mol. The van der Waals surface area contributed by atoms with E-state index >= 15 is 0 Å². The van der Waals surface area contributed by atoms with Gasteiger partial charge in [0.1, 0.15) is 5.75 Å². The van der Waals surface area contributed by atoms with Gasteiger partial charge in [-0.15, -0.1) is 0 Å². The van der Waals surface area contributed by atoms with Crippen LogP contribution < -0.4 is 15.8 Å². The van der Waals surface area contributed by atoms with Gasteiger partial charge in [0, 0.05) is 24.8 Å². The summed E-state index contributed by atoms with van der Waals surface area (Å²) >= 11 is 0. The number of nitrogens with two attached hydrogens (primary N) is 1. The molecule has 0 aliphatic carbocycles. The number of nitrogens with zero attached hydrogens (tertiary/aromatic N) is 1. The number of nitrogens with one attached hydrogen (secondary N) is 1. The van der Waals surface area contributed by atoms with Crippen molar-refractivity contribution < 1.29 is 9.47 Å². The highest BCUT2D eigenvalue weighted by Gasteiger charge is 2.28. The largest absolute Gasteiger partial charge is 0.497 e. The molecule has 22 heavy (non-hydrogen) atoms. The molecular formula is C17H27N3O2. The van der Waals surface area contributed by atoms with Crippen LogP contribution in [0.1, 0.15) is 26.7 Å². The first-order valence-corrected chi connectivity index (χ1v) is 7.92. The van der Waals surface area contributed by atoms with Crippen LogP contribution >= 0.6 is 0 Å². The van der Waals surface area contributed by atoms with Crippen LogP contribution in [-0.4, -0.2) is 32.3 Å². The van der Waals surface area contributed by atoms with E-state index in [1.165, 1.54) is 0 Å². The molecule has 122 valence electrons. The Hall–Kier alpha value is -1.75. The lowest BCUT2D eigenvalue weighted by atomic mass is 9.87. The van der Waals surface area contributed by atoms with Gasteiger partial charge in [0.2, 0.25) is 0 Å². The highest BCUT2D eigenvalue weighted by molar-refractivity contribution is 5.92. The summed E-state index contributed by atoms with van der Waals surface area (Å²) in [5.74, 6) is 2.22. The van der Waals surface area contributed by atoms with Crippen molar-refractivity contribution in [3.05, 3.63) is 24.3 Å². The van der Waals surface area contributed by atoms with Crippen LogP contribution in [0.5, 0.6) is 5.75 Å². The fraction of sp³-hybridized carbons (Fsp3) is 0.588. The first-order valence-electron chi connectivity index (χ1n) is 7.92. The molecule has 1 aromatic carbocycles. The molecule has 2 rings (SSSR count). The van der Waals surface area contributed by atoms with Crippen molar-refractivity contribution in [2.45, 2.75) is 32.8 Å². The highest BCUT2D eigenvalue weighted by Crippen LogP contribution is 2.26. The lowest BCUT2D eigenvalue weighted by molar-refractivity contribution is -0.0491. The first kappa shape index (κ1) is 16.6. The lowest BCUT2D eigenvalue weighted by Gasteiger charge is -2.33. The van der Waals surface area contributed by atoms with Gasteiger partial charge in [-0.2, -0.15) is 0 Å². The summed E-state index contributed by atoms with van der Waals surface area (Å²) in [7, 11) is 1.65. The number of hydrogen-bond acceptors (Lipinski definition) is 3. The van der Waals surface area contributed by atoms with Crippen molar-refractivity contribution in [1.29, 1.82) is 0 Å². The zero-order valence-corrected chi connectivity index (χ0v) is 13.7. The SMILES string of the molecule is COc1ccc(NC(N)=NCC2CCCOC2C(C)C)cc1. The summed E-state index contributed by atoms with van der Waals surface area (Å²) in [6.07, 6.45) is 2.54. The molecule has 5 heteroatoms. The Bertz CT molecular complexity index is 485. The molecule has 0 spiro atoms. The maximum atomic E-state index is 5.98. The van der Waals surface area contributed by atoms with Gasteiger partial charge in [0.15, 0.2) is 5.96 Å². The predicted octanol–water partition coefficient (Wildman–Crippen LogP) is 2.87. The highest BCUT2D eigenvalue weighted by atomic mass is 16.5. The summed E-state index contributed by atoms with van der Waals surface area (Å²) in [5, 5.41) is 3.11. The van der Waals surface area contributed by atoms with Gasteiger partial charge in [0.05, 0.1) is 13.2 Å². The number of anilines is 1. The van der Waals surface area contributed by atoms with Gasteiger partial charge in [-0.05, 0) is 43.0 Å². The average Bonchev–Trinajstić information content (AvgIpc) is 2.54. The maximum Gasteiger partial charge on any atom is 0.193 e. The van der Waals surface area contributed by atoms with E-state index in [2.05, 4.69) is 24.2 Å². The van der Waals surface area contributed by atoms with Crippen LogP contribution in [0.4, 0.5) is 5.69 Å². The maximum absolute atomic E-state index is 5.98. The standard InChI is InChI=1S/C17H27N3O2/c1-12(2)16-13(5-4-10-22-16)11-19-17(18)20-14-6-8-15(21-3)9-7-14/h6-9,12-13,16H,4-5,10-11H2,1-3H3,(H3,18,19,20). The minimum atomic E-state index is 0.284. The summed E-state index contributed by atoms with van der Waals surface area (Å²) < 4.78 is 11.0. The molecule has 3 N–H and O–H groups in total. The minimum Gasteiger partial charge on any atom is -0.497 e. The average molecular weight is 305 g/mol. The summed E-state index contributed by atoms with van der Waals surface area (Å²) in [6.45, 7) is 5.97.